The molecule has 0 aliphatic heterocycles. The minimum Gasteiger partial charge on any atom is -0.0928 e. The molecule has 62 valence electrons. The predicted octanol–water partition coefficient (Wildman–Crippen LogP) is 3.99. The van der Waals surface area contributed by atoms with Crippen molar-refractivity contribution in [2.24, 2.45) is 5.92 Å². The molecule has 0 radical (unpaired) electrons. The molecule has 0 heterocycles. The third kappa shape index (κ3) is 5.28. The Bertz CT molecular complexity index is 61.7. The van der Waals surface area contributed by atoms with Crippen molar-refractivity contribution in [3.63, 3.8) is 0 Å². The quantitative estimate of drug-likeness (QED) is 0.577. The van der Waals surface area contributed by atoms with E-state index >= 15 is 0 Å². The molecule has 0 aromatic heterocycles. The minimum atomic E-state index is 0.972. The van der Waals surface area contributed by atoms with Crippen LogP contribution in [-0.2, 0) is 0 Å². The van der Waals surface area contributed by atoms with Crippen molar-refractivity contribution in [3.05, 3.63) is 0 Å². The molecule has 0 aliphatic rings. The summed E-state index contributed by atoms with van der Waals surface area (Å²) in [5.74, 6) is 0.972. The maximum atomic E-state index is 3.48. The van der Waals surface area contributed by atoms with Gasteiger partial charge < -0.3 is 0 Å². The van der Waals surface area contributed by atoms with Crippen molar-refractivity contribution >= 4 is 15.9 Å². The third-order valence-corrected chi connectivity index (χ3v) is 2.52. The molecule has 0 amide bonds. The molecule has 0 saturated carbocycles. The highest BCUT2D eigenvalue weighted by Crippen LogP contribution is 2.16. The summed E-state index contributed by atoms with van der Waals surface area (Å²) >= 11 is 3.48. The average molecular weight is 207 g/mol. The van der Waals surface area contributed by atoms with Gasteiger partial charge in [0.1, 0.15) is 0 Å². The summed E-state index contributed by atoms with van der Waals surface area (Å²) in [6.07, 6.45) is 6.89. The zero-order valence-electron chi connectivity index (χ0n) is 7.20. The second-order valence-electron chi connectivity index (χ2n) is 2.89. The molecule has 0 aromatic carbocycles. The van der Waals surface area contributed by atoms with Gasteiger partial charge >= 0.3 is 0 Å². The lowest BCUT2D eigenvalue weighted by Crippen LogP contribution is -1.98. The summed E-state index contributed by atoms with van der Waals surface area (Å²) in [4.78, 5) is 0. The Morgan fingerprint density at radius 2 is 1.90 bits per heavy atom. The standard InChI is InChI=1S/C9H19Br/c1-3-5-6-9(4-2)7-8-10/h9H,3-8H2,1-2H3/t9-/m1/s1. The highest BCUT2D eigenvalue weighted by atomic mass is 79.9. The van der Waals surface area contributed by atoms with Crippen LogP contribution >= 0.6 is 15.9 Å². The third-order valence-electron chi connectivity index (χ3n) is 2.06. The van der Waals surface area contributed by atoms with Crippen LogP contribution in [0.3, 0.4) is 0 Å². The highest BCUT2D eigenvalue weighted by Gasteiger charge is 2.02. The van der Waals surface area contributed by atoms with Crippen LogP contribution in [0.15, 0.2) is 0 Å². The molecule has 0 fully saturated rings. The van der Waals surface area contributed by atoms with Gasteiger partial charge in [-0.2, -0.15) is 0 Å². The zero-order valence-corrected chi connectivity index (χ0v) is 8.78. The van der Waals surface area contributed by atoms with E-state index in [1.165, 1.54) is 37.4 Å². The SMILES string of the molecule is CCCC[C@@H](CC)CCBr. The molecule has 0 bridgehead atoms. The van der Waals surface area contributed by atoms with Crippen LogP contribution < -0.4 is 0 Å². The summed E-state index contributed by atoms with van der Waals surface area (Å²) < 4.78 is 0. The molecule has 0 aliphatic carbocycles. The normalized spacial score (nSPS) is 13.5. The van der Waals surface area contributed by atoms with Gasteiger partial charge in [0.25, 0.3) is 0 Å². The minimum absolute atomic E-state index is 0.972. The Balaban J connectivity index is 3.21. The number of unbranched alkanes of at least 4 members (excludes halogenated alkanes) is 1. The first kappa shape index (κ1) is 10.5. The van der Waals surface area contributed by atoms with E-state index in [4.69, 9.17) is 0 Å². The fourth-order valence-corrected chi connectivity index (χ4v) is 1.85. The molecule has 1 atom stereocenters. The number of hydrogen-bond acceptors (Lipinski definition) is 0. The van der Waals surface area contributed by atoms with E-state index in [0.29, 0.717) is 0 Å². The lowest BCUT2D eigenvalue weighted by molar-refractivity contribution is 0.442. The summed E-state index contributed by atoms with van der Waals surface area (Å²) in [7, 11) is 0. The predicted molar refractivity (Wildman–Crippen MR) is 51.7 cm³/mol. The van der Waals surface area contributed by atoms with Crippen LogP contribution in [0.4, 0.5) is 0 Å². The molecule has 0 N–H and O–H groups in total. The van der Waals surface area contributed by atoms with Crippen molar-refractivity contribution in [1.29, 1.82) is 0 Å². The van der Waals surface area contributed by atoms with Gasteiger partial charge in [-0.05, 0) is 12.3 Å². The molecule has 0 aromatic rings. The maximum absolute atomic E-state index is 3.48. The lowest BCUT2D eigenvalue weighted by atomic mass is 9.97. The van der Waals surface area contributed by atoms with E-state index in [1.54, 1.807) is 0 Å². The largest absolute Gasteiger partial charge is 0.0928 e. The second-order valence-corrected chi connectivity index (χ2v) is 3.69. The summed E-state index contributed by atoms with van der Waals surface area (Å²) in [5.41, 5.74) is 0. The molecule has 0 saturated heterocycles. The van der Waals surface area contributed by atoms with Crippen molar-refractivity contribution in [2.45, 2.75) is 46.0 Å². The Labute approximate surface area is 73.5 Å². The molecule has 0 rings (SSSR count). The maximum Gasteiger partial charge on any atom is 0.00339 e. The average Bonchev–Trinajstić information content (AvgIpc) is 1.98. The molecular weight excluding hydrogens is 188 g/mol. The Kier molecular flexibility index (Phi) is 7.95. The van der Waals surface area contributed by atoms with E-state index < -0.39 is 0 Å². The highest BCUT2D eigenvalue weighted by molar-refractivity contribution is 9.09. The Morgan fingerprint density at radius 1 is 1.20 bits per heavy atom. The van der Waals surface area contributed by atoms with E-state index in [9.17, 15) is 0 Å². The monoisotopic (exact) mass is 206 g/mol. The number of rotatable bonds is 6. The number of alkyl halides is 1. The molecule has 1 heteroatoms. The Morgan fingerprint density at radius 3 is 2.30 bits per heavy atom. The smallest absolute Gasteiger partial charge is 0.00339 e. The van der Waals surface area contributed by atoms with E-state index in [1.807, 2.05) is 0 Å². The first-order chi connectivity index (χ1) is 4.85. The molecule has 0 spiro atoms. The van der Waals surface area contributed by atoms with Gasteiger partial charge in [0.2, 0.25) is 0 Å². The van der Waals surface area contributed by atoms with Gasteiger partial charge in [0.05, 0.1) is 0 Å². The van der Waals surface area contributed by atoms with E-state index in [-0.39, 0.29) is 0 Å². The number of hydrogen-bond donors (Lipinski definition) is 0. The summed E-state index contributed by atoms with van der Waals surface area (Å²) in [5, 5.41) is 1.18. The van der Waals surface area contributed by atoms with Gasteiger partial charge in [-0.25, -0.2) is 0 Å². The second kappa shape index (κ2) is 7.59. The van der Waals surface area contributed by atoms with Gasteiger partial charge in [-0.3, -0.25) is 0 Å². The van der Waals surface area contributed by atoms with Crippen molar-refractivity contribution < 1.29 is 0 Å². The molecule has 0 nitrogen and oxygen atoms in total. The first-order valence-corrected chi connectivity index (χ1v) is 5.53. The van der Waals surface area contributed by atoms with Gasteiger partial charge in [-0.1, -0.05) is 55.5 Å². The molecular formula is C9H19Br. The van der Waals surface area contributed by atoms with Crippen LogP contribution in [0, 0.1) is 5.92 Å². The van der Waals surface area contributed by atoms with Crippen LogP contribution in [0.25, 0.3) is 0 Å². The van der Waals surface area contributed by atoms with Crippen LogP contribution in [0.5, 0.6) is 0 Å². The summed E-state index contributed by atoms with van der Waals surface area (Å²) in [6, 6.07) is 0. The van der Waals surface area contributed by atoms with Crippen molar-refractivity contribution in [2.75, 3.05) is 5.33 Å². The summed E-state index contributed by atoms with van der Waals surface area (Å²) in [6.45, 7) is 4.56. The fourth-order valence-electron chi connectivity index (χ4n) is 1.20. The van der Waals surface area contributed by atoms with Crippen molar-refractivity contribution in [1.82, 2.24) is 0 Å². The first-order valence-electron chi connectivity index (χ1n) is 4.41. The van der Waals surface area contributed by atoms with Gasteiger partial charge in [0, 0.05) is 5.33 Å². The van der Waals surface area contributed by atoms with Gasteiger partial charge in [-0.15, -0.1) is 0 Å². The number of halogens is 1. The topological polar surface area (TPSA) is 0 Å². The molecule has 0 unspecified atom stereocenters. The van der Waals surface area contributed by atoms with Crippen LogP contribution in [0.1, 0.15) is 46.0 Å². The van der Waals surface area contributed by atoms with Crippen LogP contribution in [0.2, 0.25) is 0 Å². The Hall–Kier alpha value is 0.480. The molecule has 10 heavy (non-hydrogen) atoms. The lowest BCUT2D eigenvalue weighted by Gasteiger charge is -2.11. The van der Waals surface area contributed by atoms with Crippen LogP contribution in [-0.4, -0.2) is 5.33 Å². The van der Waals surface area contributed by atoms with E-state index in [0.717, 1.165) is 5.92 Å². The van der Waals surface area contributed by atoms with Crippen molar-refractivity contribution in [3.8, 4) is 0 Å². The zero-order chi connectivity index (χ0) is 7.82. The van der Waals surface area contributed by atoms with E-state index in [2.05, 4.69) is 29.8 Å². The van der Waals surface area contributed by atoms with Gasteiger partial charge in [0.15, 0.2) is 0 Å². The fraction of sp³-hybridized carbons (Fsp3) is 1.00.